The van der Waals surface area contributed by atoms with Crippen LogP contribution in [0, 0.1) is 5.82 Å². The predicted octanol–water partition coefficient (Wildman–Crippen LogP) is 4.59. The van der Waals surface area contributed by atoms with Crippen LogP contribution in [0.1, 0.15) is 61.9 Å². The van der Waals surface area contributed by atoms with Crippen LogP contribution in [0.15, 0.2) is 42.5 Å². The Morgan fingerprint density at radius 2 is 1.83 bits per heavy atom. The molecule has 0 aromatic heterocycles. The number of carbonyl (C=O) groups is 2. The van der Waals surface area contributed by atoms with Crippen molar-refractivity contribution in [3.8, 4) is 5.75 Å². The highest BCUT2D eigenvalue weighted by Gasteiger charge is 2.41. The third kappa shape index (κ3) is 4.18. The summed E-state index contributed by atoms with van der Waals surface area (Å²) in [6.07, 6.45) is 5.50. The van der Waals surface area contributed by atoms with Gasteiger partial charge in [0.25, 0.3) is 11.8 Å². The first-order valence-corrected chi connectivity index (χ1v) is 10.5. The molecule has 158 valence electrons. The van der Waals surface area contributed by atoms with Gasteiger partial charge in [-0.3, -0.25) is 9.59 Å². The molecule has 0 bridgehead atoms. The van der Waals surface area contributed by atoms with Gasteiger partial charge in [-0.1, -0.05) is 31.4 Å². The Labute approximate surface area is 176 Å². The number of halogens is 1. The molecule has 1 fully saturated rings. The predicted molar refractivity (Wildman–Crippen MR) is 113 cm³/mol. The zero-order valence-electron chi connectivity index (χ0n) is 17.4. The molecule has 1 aliphatic carbocycles. The average Bonchev–Trinajstić information content (AvgIpc) is 2.73. The zero-order chi connectivity index (χ0) is 21.3. The second-order valence-corrected chi connectivity index (χ2v) is 8.62. The number of nitrogens with zero attached hydrogens (tertiary/aromatic N) is 1. The van der Waals surface area contributed by atoms with Crippen LogP contribution in [0.3, 0.4) is 0 Å². The quantitative estimate of drug-likeness (QED) is 0.802. The number of nitrogens with one attached hydrogen (secondary N) is 1. The first-order chi connectivity index (χ1) is 14.3. The smallest absolute Gasteiger partial charge is 0.271 e. The van der Waals surface area contributed by atoms with Gasteiger partial charge in [-0.05, 0) is 62.6 Å². The molecular weight excluding hydrogens is 383 g/mol. The molecule has 2 aromatic rings. The van der Waals surface area contributed by atoms with E-state index in [1.807, 2.05) is 0 Å². The topological polar surface area (TPSA) is 58.6 Å². The highest BCUT2D eigenvalue weighted by atomic mass is 19.1. The molecule has 0 radical (unpaired) electrons. The molecule has 2 amide bonds. The number of ether oxygens (including phenoxy) is 1. The van der Waals surface area contributed by atoms with Gasteiger partial charge in [0.05, 0.1) is 12.2 Å². The molecule has 1 heterocycles. The van der Waals surface area contributed by atoms with Crippen LogP contribution < -0.4 is 15.0 Å². The first-order valence-electron chi connectivity index (χ1n) is 10.5. The molecule has 0 spiro atoms. The minimum atomic E-state index is -1.03. The molecule has 1 saturated carbocycles. The fraction of sp³-hybridized carbons (Fsp3) is 0.417. The third-order valence-corrected chi connectivity index (χ3v) is 5.83. The summed E-state index contributed by atoms with van der Waals surface area (Å²) in [5, 5.41) is 3.12. The van der Waals surface area contributed by atoms with Gasteiger partial charge >= 0.3 is 0 Å². The van der Waals surface area contributed by atoms with Crippen molar-refractivity contribution in [2.24, 2.45) is 0 Å². The Morgan fingerprint density at radius 3 is 2.53 bits per heavy atom. The van der Waals surface area contributed by atoms with E-state index < -0.39 is 5.60 Å². The summed E-state index contributed by atoms with van der Waals surface area (Å²) < 4.78 is 19.2. The highest BCUT2D eigenvalue weighted by Crippen LogP contribution is 2.39. The Morgan fingerprint density at radius 1 is 1.13 bits per heavy atom. The van der Waals surface area contributed by atoms with E-state index in [9.17, 15) is 14.0 Å². The van der Waals surface area contributed by atoms with E-state index in [0.29, 0.717) is 17.0 Å². The lowest BCUT2D eigenvalue weighted by atomic mass is 9.95. The molecule has 6 heteroatoms. The van der Waals surface area contributed by atoms with Gasteiger partial charge in [-0.25, -0.2) is 4.39 Å². The monoisotopic (exact) mass is 410 g/mol. The van der Waals surface area contributed by atoms with Crippen molar-refractivity contribution in [1.82, 2.24) is 5.32 Å². The molecule has 5 nitrogen and oxygen atoms in total. The van der Waals surface area contributed by atoms with Crippen molar-refractivity contribution in [3.05, 3.63) is 59.4 Å². The summed E-state index contributed by atoms with van der Waals surface area (Å²) >= 11 is 0. The van der Waals surface area contributed by atoms with E-state index in [1.54, 1.807) is 49.1 Å². The summed E-state index contributed by atoms with van der Waals surface area (Å²) in [6.45, 7) is 3.71. The molecule has 1 N–H and O–H groups in total. The fourth-order valence-electron chi connectivity index (χ4n) is 4.15. The van der Waals surface area contributed by atoms with Gasteiger partial charge in [0.2, 0.25) is 0 Å². The molecule has 4 rings (SSSR count). The lowest BCUT2D eigenvalue weighted by Crippen LogP contribution is -2.52. The normalized spacial score (nSPS) is 18.5. The number of amides is 2. The fourth-order valence-corrected chi connectivity index (χ4v) is 4.15. The highest BCUT2D eigenvalue weighted by molar-refractivity contribution is 6.04. The maximum Gasteiger partial charge on any atom is 0.271 e. The minimum absolute atomic E-state index is 0.135. The van der Waals surface area contributed by atoms with Gasteiger partial charge in [0.15, 0.2) is 5.60 Å². The van der Waals surface area contributed by atoms with Crippen LogP contribution in [0.2, 0.25) is 0 Å². The van der Waals surface area contributed by atoms with E-state index >= 15 is 0 Å². The van der Waals surface area contributed by atoms with Crippen LogP contribution >= 0.6 is 0 Å². The van der Waals surface area contributed by atoms with Crippen molar-refractivity contribution in [2.45, 2.75) is 64.1 Å². The molecule has 2 aromatic carbocycles. The van der Waals surface area contributed by atoms with E-state index in [-0.39, 0.29) is 30.2 Å². The number of fused-ring (bicyclic) bond motifs is 1. The molecule has 0 saturated heterocycles. The largest absolute Gasteiger partial charge is 0.476 e. The van der Waals surface area contributed by atoms with E-state index in [4.69, 9.17) is 4.74 Å². The summed E-state index contributed by atoms with van der Waals surface area (Å²) in [4.78, 5) is 27.5. The van der Waals surface area contributed by atoms with Gasteiger partial charge in [-0.2, -0.15) is 0 Å². The Balaban J connectivity index is 1.63. The Kier molecular flexibility index (Phi) is 5.50. The van der Waals surface area contributed by atoms with Gasteiger partial charge in [0, 0.05) is 11.6 Å². The minimum Gasteiger partial charge on any atom is -0.476 e. The molecule has 0 atom stereocenters. The van der Waals surface area contributed by atoms with Gasteiger partial charge < -0.3 is 15.0 Å². The summed E-state index contributed by atoms with van der Waals surface area (Å²) in [5.74, 6) is -0.113. The van der Waals surface area contributed by atoms with Crippen LogP contribution in [-0.2, 0) is 11.3 Å². The second kappa shape index (κ2) is 8.09. The number of carbonyl (C=O) groups excluding carboxylic acids is 2. The second-order valence-electron chi connectivity index (χ2n) is 8.62. The summed E-state index contributed by atoms with van der Waals surface area (Å²) in [7, 11) is 0. The molecule has 0 unspecified atom stereocenters. The Bertz CT molecular complexity index is 949. The Hall–Kier alpha value is -2.89. The molecule has 2 aliphatic rings. The lowest BCUT2D eigenvalue weighted by molar-refractivity contribution is -0.132. The van der Waals surface area contributed by atoms with Crippen molar-refractivity contribution < 1.29 is 18.7 Å². The number of hydrogen-bond donors (Lipinski definition) is 1. The SMILES string of the molecule is CC1(C)Oc2ccc(C(=O)NC3CCCCC3)cc2N(Cc2ccc(F)cc2)C1=O. The number of rotatable bonds is 4. The van der Waals surface area contributed by atoms with Gasteiger partial charge in [-0.15, -0.1) is 0 Å². The third-order valence-electron chi connectivity index (χ3n) is 5.83. The van der Waals surface area contributed by atoms with Crippen molar-refractivity contribution in [3.63, 3.8) is 0 Å². The molecular formula is C24H27FN2O3. The van der Waals surface area contributed by atoms with Crippen molar-refractivity contribution in [2.75, 3.05) is 4.90 Å². The number of benzene rings is 2. The maximum absolute atomic E-state index is 13.3. The average molecular weight is 410 g/mol. The standard InChI is InChI=1S/C24H27FN2O3/c1-24(2)23(29)27(15-16-8-11-18(25)12-9-16)20-14-17(10-13-21(20)30-24)22(28)26-19-6-4-3-5-7-19/h8-14,19H,3-7,15H2,1-2H3,(H,26,28). The maximum atomic E-state index is 13.3. The number of anilines is 1. The summed E-state index contributed by atoms with van der Waals surface area (Å²) in [6, 6.07) is 11.5. The van der Waals surface area contributed by atoms with Crippen LogP contribution in [0.5, 0.6) is 5.75 Å². The van der Waals surface area contributed by atoms with Crippen molar-refractivity contribution in [1.29, 1.82) is 0 Å². The van der Waals surface area contributed by atoms with Crippen LogP contribution in [0.25, 0.3) is 0 Å². The van der Waals surface area contributed by atoms with Crippen LogP contribution in [0.4, 0.5) is 10.1 Å². The van der Waals surface area contributed by atoms with Crippen molar-refractivity contribution >= 4 is 17.5 Å². The van der Waals surface area contributed by atoms with Gasteiger partial charge in [0.1, 0.15) is 11.6 Å². The molecule has 30 heavy (non-hydrogen) atoms. The van der Waals surface area contributed by atoms with E-state index in [2.05, 4.69) is 5.32 Å². The van der Waals surface area contributed by atoms with E-state index in [0.717, 1.165) is 31.2 Å². The number of hydrogen-bond acceptors (Lipinski definition) is 3. The van der Waals surface area contributed by atoms with E-state index in [1.165, 1.54) is 18.6 Å². The summed E-state index contributed by atoms with van der Waals surface area (Å²) in [5.41, 5.74) is 0.823. The zero-order valence-corrected chi connectivity index (χ0v) is 17.4. The first kappa shape index (κ1) is 20.4. The van der Waals surface area contributed by atoms with Crippen LogP contribution in [-0.4, -0.2) is 23.5 Å². The lowest BCUT2D eigenvalue weighted by Gasteiger charge is -2.39. The molecule has 1 aliphatic heterocycles.